The van der Waals surface area contributed by atoms with Crippen LogP contribution in [0.1, 0.15) is 40.5 Å². The lowest BCUT2D eigenvalue weighted by molar-refractivity contribution is -0.132. The van der Waals surface area contributed by atoms with E-state index in [4.69, 9.17) is 5.11 Å². The molecule has 1 atom stereocenters. The molecule has 0 radical (unpaired) electrons. The Morgan fingerprint density at radius 3 is 2.19 bits per heavy atom. The molecule has 1 fully saturated rings. The van der Waals surface area contributed by atoms with Gasteiger partial charge in [0.15, 0.2) is 0 Å². The Bertz CT molecular complexity index is 235. The Hall–Kier alpha value is -0.830. The molecule has 0 spiro atoms. The topological polar surface area (TPSA) is 40.5 Å². The van der Waals surface area contributed by atoms with E-state index in [1.54, 1.807) is 0 Å². The van der Waals surface area contributed by atoms with E-state index in [1.165, 1.54) is 26.3 Å². The summed E-state index contributed by atoms with van der Waals surface area (Å²) >= 11 is 0. The maximum atomic E-state index is 9.60. The zero-order valence-electron chi connectivity index (χ0n) is 11.2. The van der Waals surface area contributed by atoms with Gasteiger partial charge in [-0.25, -0.2) is 4.79 Å². The van der Waals surface area contributed by atoms with Gasteiger partial charge in [0.2, 0.25) is 0 Å². The second-order valence-corrected chi connectivity index (χ2v) is 5.20. The molecule has 0 saturated carbocycles. The molecule has 16 heavy (non-hydrogen) atoms. The average molecular weight is 227 g/mol. The number of likely N-dealkylation sites (tertiary alicyclic amines) is 1. The fraction of sp³-hybridized carbons (Fsp3) is 0.769. The van der Waals surface area contributed by atoms with Crippen LogP contribution in [0.2, 0.25) is 0 Å². The molecule has 0 bridgehead atoms. The van der Waals surface area contributed by atoms with Crippen molar-refractivity contribution in [2.45, 2.75) is 46.1 Å². The number of nitrogens with zero attached hydrogens (tertiary/aromatic N) is 1. The largest absolute Gasteiger partial charge is 0.478 e. The summed E-state index contributed by atoms with van der Waals surface area (Å²) in [4.78, 5) is 12.1. The van der Waals surface area contributed by atoms with Gasteiger partial charge in [-0.05, 0) is 53.1 Å². The first kappa shape index (κ1) is 15.2. The Balaban J connectivity index is 0.000000325. The highest BCUT2D eigenvalue weighted by Crippen LogP contribution is 2.30. The first-order valence-electron chi connectivity index (χ1n) is 5.79. The van der Waals surface area contributed by atoms with Gasteiger partial charge in [-0.15, -0.1) is 0 Å². The maximum Gasteiger partial charge on any atom is 0.330 e. The molecule has 3 heteroatoms. The third kappa shape index (κ3) is 4.35. The second kappa shape index (κ2) is 6.04. The van der Waals surface area contributed by atoms with E-state index in [-0.39, 0.29) is 5.57 Å². The van der Waals surface area contributed by atoms with Gasteiger partial charge in [0.05, 0.1) is 0 Å². The standard InChI is InChI=1S/C9H19N.C4H6O2/c1-8-6-5-7-10(4)9(8,2)3;1-3(2)4(5)6/h8H,5-7H2,1-4H3;1H2,2H3,(H,5,6). The zero-order valence-corrected chi connectivity index (χ0v) is 11.2. The lowest BCUT2D eigenvalue weighted by Gasteiger charge is -2.44. The first-order valence-corrected chi connectivity index (χ1v) is 5.79. The van der Waals surface area contributed by atoms with E-state index in [1.807, 2.05) is 0 Å². The summed E-state index contributed by atoms with van der Waals surface area (Å²) in [6.45, 7) is 12.9. The van der Waals surface area contributed by atoms with Crippen LogP contribution in [-0.2, 0) is 4.79 Å². The second-order valence-electron chi connectivity index (χ2n) is 5.20. The molecular weight excluding hydrogens is 202 g/mol. The van der Waals surface area contributed by atoms with Crippen LogP contribution >= 0.6 is 0 Å². The number of carbonyl (C=O) groups is 1. The number of aliphatic carboxylic acids is 1. The van der Waals surface area contributed by atoms with Gasteiger partial charge in [-0.2, -0.15) is 0 Å². The minimum absolute atomic E-state index is 0.176. The minimum Gasteiger partial charge on any atom is -0.478 e. The van der Waals surface area contributed by atoms with Crippen LogP contribution in [0.15, 0.2) is 12.2 Å². The number of piperidine rings is 1. The molecule has 0 aliphatic carbocycles. The summed E-state index contributed by atoms with van der Waals surface area (Å²) in [6, 6.07) is 0. The van der Waals surface area contributed by atoms with Crippen LogP contribution in [0, 0.1) is 5.92 Å². The summed E-state index contributed by atoms with van der Waals surface area (Å²) in [7, 11) is 2.23. The maximum absolute atomic E-state index is 9.60. The van der Waals surface area contributed by atoms with E-state index in [0.29, 0.717) is 5.54 Å². The van der Waals surface area contributed by atoms with Crippen molar-refractivity contribution >= 4 is 5.97 Å². The number of hydrogen-bond acceptors (Lipinski definition) is 2. The van der Waals surface area contributed by atoms with Crippen LogP contribution in [-0.4, -0.2) is 35.1 Å². The van der Waals surface area contributed by atoms with Crippen LogP contribution in [0.25, 0.3) is 0 Å². The normalized spacial score (nSPS) is 24.2. The highest BCUT2D eigenvalue weighted by molar-refractivity contribution is 5.84. The first-order chi connectivity index (χ1) is 7.19. The van der Waals surface area contributed by atoms with E-state index in [9.17, 15) is 4.79 Å². The smallest absolute Gasteiger partial charge is 0.330 e. The van der Waals surface area contributed by atoms with Crippen molar-refractivity contribution in [3.63, 3.8) is 0 Å². The van der Waals surface area contributed by atoms with Crippen molar-refractivity contribution in [1.82, 2.24) is 4.90 Å². The molecule has 1 heterocycles. The monoisotopic (exact) mass is 227 g/mol. The molecule has 0 aromatic heterocycles. The molecule has 0 amide bonds. The Morgan fingerprint density at radius 2 is 1.94 bits per heavy atom. The summed E-state index contributed by atoms with van der Waals surface area (Å²) in [5.41, 5.74) is 0.605. The predicted molar refractivity (Wildman–Crippen MR) is 67.6 cm³/mol. The van der Waals surface area contributed by atoms with Gasteiger partial charge in [0, 0.05) is 11.1 Å². The SMILES string of the molecule is C=C(C)C(=O)O.CC1CCCN(C)C1(C)C. The molecular formula is C13H25NO2. The fourth-order valence-electron chi connectivity index (χ4n) is 1.65. The molecule has 1 aliphatic rings. The number of carboxylic acid groups (broad SMARTS) is 1. The number of hydrogen-bond donors (Lipinski definition) is 1. The zero-order chi connectivity index (χ0) is 12.9. The molecule has 3 nitrogen and oxygen atoms in total. The molecule has 94 valence electrons. The molecule has 0 aromatic rings. The minimum atomic E-state index is -0.935. The molecule has 0 aromatic carbocycles. The van der Waals surface area contributed by atoms with Crippen LogP contribution in [0.3, 0.4) is 0 Å². The highest BCUT2D eigenvalue weighted by Gasteiger charge is 2.32. The Kier molecular flexibility index (Phi) is 5.73. The number of carboxylic acids is 1. The Labute approximate surface area is 99.1 Å². The van der Waals surface area contributed by atoms with Gasteiger partial charge < -0.3 is 10.0 Å². The molecule has 1 rings (SSSR count). The van der Waals surface area contributed by atoms with E-state index in [2.05, 4.69) is 39.3 Å². The lowest BCUT2D eigenvalue weighted by Crippen LogP contribution is -2.49. The molecule has 1 saturated heterocycles. The van der Waals surface area contributed by atoms with E-state index >= 15 is 0 Å². The van der Waals surface area contributed by atoms with Gasteiger partial charge in [0.25, 0.3) is 0 Å². The van der Waals surface area contributed by atoms with E-state index in [0.717, 1.165) is 5.92 Å². The van der Waals surface area contributed by atoms with Crippen molar-refractivity contribution in [2.24, 2.45) is 5.92 Å². The van der Waals surface area contributed by atoms with Crippen molar-refractivity contribution in [2.75, 3.05) is 13.6 Å². The van der Waals surface area contributed by atoms with Gasteiger partial charge >= 0.3 is 5.97 Å². The van der Waals surface area contributed by atoms with Crippen molar-refractivity contribution in [1.29, 1.82) is 0 Å². The third-order valence-corrected chi connectivity index (χ3v) is 3.69. The summed E-state index contributed by atoms with van der Waals surface area (Å²) in [6.07, 6.45) is 2.78. The quantitative estimate of drug-likeness (QED) is 0.700. The van der Waals surface area contributed by atoms with Gasteiger partial charge in [0.1, 0.15) is 0 Å². The molecule has 1 N–H and O–H groups in total. The average Bonchev–Trinajstić information content (AvgIpc) is 2.15. The third-order valence-electron chi connectivity index (χ3n) is 3.69. The summed E-state index contributed by atoms with van der Waals surface area (Å²) in [5, 5.41) is 7.89. The lowest BCUT2D eigenvalue weighted by atomic mass is 9.81. The Morgan fingerprint density at radius 1 is 1.50 bits per heavy atom. The van der Waals surface area contributed by atoms with Crippen LogP contribution < -0.4 is 0 Å². The number of rotatable bonds is 1. The fourth-order valence-corrected chi connectivity index (χ4v) is 1.65. The van der Waals surface area contributed by atoms with Crippen LogP contribution in [0.4, 0.5) is 0 Å². The van der Waals surface area contributed by atoms with Crippen molar-refractivity contribution < 1.29 is 9.90 Å². The highest BCUT2D eigenvalue weighted by atomic mass is 16.4. The van der Waals surface area contributed by atoms with Crippen molar-refractivity contribution in [3.05, 3.63) is 12.2 Å². The summed E-state index contributed by atoms with van der Waals surface area (Å²) in [5.74, 6) is -0.0822. The van der Waals surface area contributed by atoms with E-state index < -0.39 is 5.97 Å². The predicted octanol–water partition coefficient (Wildman–Crippen LogP) is 2.77. The van der Waals surface area contributed by atoms with Gasteiger partial charge in [-0.3, -0.25) is 0 Å². The van der Waals surface area contributed by atoms with Crippen molar-refractivity contribution in [3.8, 4) is 0 Å². The van der Waals surface area contributed by atoms with Gasteiger partial charge in [-0.1, -0.05) is 13.5 Å². The van der Waals surface area contributed by atoms with Crippen LogP contribution in [0.5, 0.6) is 0 Å². The summed E-state index contributed by atoms with van der Waals surface area (Å²) < 4.78 is 0. The molecule has 1 unspecified atom stereocenters. The molecule has 1 aliphatic heterocycles.